The summed E-state index contributed by atoms with van der Waals surface area (Å²) in [5, 5.41) is 5.16. The van der Waals surface area contributed by atoms with Crippen LogP contribution in [0.5, 0.6) is 0 Å². The number of rotatable bonds is 3. The summed E-state index contributed by atoms with van der Waals surface area (Å²) in [5.74, 6) is -0.232. The fraction of sp³-hybridized carbons (Fsp3) is 0.455. The minimum absolute atomic E-state index is 0.106. The molecule has 0 spiro atoms. The van der Waals surface area contributed by atoms with Crippen LogP contribution in [-0.2, 0) is 16.1 Å². The predicted molar refractivity (Wildman–Crippen MR) is 62.1 cm³/mol. The molecule has 1 saturated heterocycles. The number of hydrogen-bond donors (Lipinski definition) is 1. The maximum atomic E-state index is 11.6. The zero-order valence-electron chi connectivity index (χ0n) is 9.32. The monoisotopic (exact) mass is 238 g/mol. The standard InChI is InChI=1S/C11H14N2O2S/c1-7-3-4-16-9(7)6-12-8-5-10(14)13(2)11(8)15/h3-4,8,12H,5-6H2,1-2H3. The quantitative estimate of drug-likeness (QED) is 0.796. The molecule has 2 rings (SSSR count). The van der Waals surface area contributed by atoms with Crippen LogP contribution in [0.4, 0.5) is 0 Å². The highest BCUT2D eigenvalue weighted by atomic mass is 32.1. The molecule has 0 aliphatic carbocycles. The van der Waals surface area contributed by atoms with Crippen LogP contribution in [0.1, 0.15) is 16.9 Å². The molecule has 5 heteroatoms. The maximum Gasteiger partial charge on any atom is 0.246 e. The van der Waals surface area contributed by atoms with Gasteiger partial charge < -0.3 is 5.32 Å². The maximum absolute atomic E-state index is 11.6. The number of aryl methyl sites for hydroxylation is 1. The Morgan fingerprint density at radius 2 is 2.31 bits per heavy atom. The Kier molecular flexibility index (Phi) is 3.07. The van der Waals surface area contributed by atoms with Crippen LogP contribution in [-0.4, -0.2) is 29.8 Å². The van der Waals surface area contributed by atoms with Crippen molar-refractivity contribution in [1.29, 1.82) is 0 Å². The molecule has 0 bridgehead atoms. The minimum Gasteiger partial charge on any atom is -0.300 e. The highest BCUT2D eigenvalue weighted by Gasteiger charge is 2.35. The number of likely N-dealkylation sites (tertiary alicyclic amines) is 1. The van der Waals surface area contributed by atoms with Gasteiger partial charge in [-0.15, -0.1) is 11.3 Å². The second-order valence-corrected chi connectivity index (χ2v) is 4.96. The Bertz CT molecular complexity index is 427. The molecule has 1 aromatic heterocycles. The molecule has 1 aliphatic heterocycles. The summed E-state index contributed by atoms with van der Waals surface area (Å²) in [6, 6.07) is 1.70. The minimum atomic E-state index is -0.348. The van der Waals surface area contributed by atoms with Gasteiger partial charge in [-0.1, -0.05) is 0 Å². The average molecular weight is 238 g/mol. The summed E-state index contributed by atoms with van der Waals surface area (Å²) in [7, 11) is 1.53. The van der Waals surface area contributed by atoms with Crippen molar-refractivity contribution in [3.63, 3.8) is 0 Å². The van der Waals surface area contributed by atoms with Gasteiger partial charge in [-0.3, -0.25) is 14.5 Å². The number of thiophene rings is 1. The number of likely N-dealkylation sites (N-methyl/N-ethyl adjacent to an activating group) is 1. The first-order chi connectivity index (χ1) is 7.59. The fourth-order valence-electron chi connectivity index (χ4n) is 1.72. The Morgan fingerprint density at radius 1 is 1.56 bits per heavy atom. The van der Waals surface area contributed by atoms with Crippen molar-refractivity contribution in [2.45, 2.75) is 25.9 Å². The molecule has 1 fully saturated rings. The van der Waals surface area contributed by atoms with E-state index in [1.807, 2.05) is 12.3 Å². The lowest BCUT2D eigenvalue weighted by Crippen LogP contribution is -2.36. The number of carbonyl (C=O) groups is 2. The van der Waals surface area contributed by atoms with E-state index in [-0.39, 0.29) is 24.3 Å². The van der Waals surface area contributed by atoms with Crippen LogP contribution >= 0.6 is 11.3 Å². The number of carbonyl (C=O) groups excluding carboxylic acids is 2. The second kappa shape index (κ2) is 4.35. The first-order valence-electron chi connectivity index (χ1n) is 5.16. The van der Waals surface area contributed by atoms with Gasteiger partial charge in [0.1, 0.15) is 0 Å². The molecule has 4 nitrogen and oxygen atoms in total. The van der Waals surface area contributed by atoms with Crippen molar-refractivity contribution in [3.05, 3.63) is 21.9 Å². The van der Waals surface area contributed by atoms with E-state index in [1.54, 1.807) is 11.3 Å². The van der Waals surface area contributed by atoms with E-state index in [4.69, 9.17) is 0 Å². The van der Waals surface area contributed by atoms with Crippen molar-refractivity contribution < 1.29 is 9.59 Å². The lowest BCUT2D eigenvalue weighted by atomic mass is 10.2. The zero-order chi connectivity index (χ0) is 11.7. The Labute approximate surface area is 98.3 Å². The molecule has 16 heavy (non-hydrogen) atoms. The van der Waals surface area contributed by atoms with Gasteiger partial charge in [-0.05, 0) is 23.9 Å². The predicted octanol–water partition coefficient (Wildman–Crippen LogP) is 0.903. The second-order valence-electron chi connectivity index (χ2n) is 3.96. The van der Waals surface area contributed by atoms with Crippen LogP contribution in [0.3, 0.4) is 0 Å². The Balaban J connectivity index is 1.95. The SMILES string of the molecule is Cc1ccsc1CNC1CC(=O)N(C)C1=O. The van der Waals surface area contributed by atoms with E-state index < -0.39 is 0 Å². The summed E-state index contributed by atoms with van der Waals surface area (Å²) >= 11 is 1.66. The molecule has 2 amide bonds. The molecule has 1 atom stereocenters. The summed E-state index contributed by atoms with van der Waals surface area (Å²) in [6.07, 6.45) is 0.278. The number of imide groups is 1. The van der Waals surface area contributed by atoms with E-state index in [1.165, 1.54) is 22.4 Å². The van der Waals surface area contributed by atoms with Crippen molar-refractivity contribution in [3.8, 4) is 0 Å². The first-order valence-corrected chi connectivity index (χ1v) is 6.04. The molecule has 0 saturated carbocycles. The summed E-state index contributed by atoms with van der Waals surface area (Å²) in [4.78, 5) is 25.3. The van der Waals surface area contributed by atoms with Gasteiger partial charge in [-0.2, -0.15) is 0 Å². The van der Waals surface area contributed by atoms with E-state index in [2.05, 4.69) is 11.4 Å². The number of nitrogens with one attached hydrogen (secondary N) is 1. The summed E-state index contributed by atoms with van der Waals surface area (Å²) in [6.45, 7) is 2.70. The average Bonchev–Trinajstić information content (AvgIpc) is 2.76. The zero-order valence-corrected chi connectivity index (χ0v) is 10.1. The number of amides is 2. The van der Waals surface area contributed by atoms with Gasteiger partial charge >= 0.3 is 0 Å². The van der Waals surface area contributed by atoms with Crippen molar-refractivity contribution in [1.82, 2.24) is 10.2 Å². The van der Waals surface area contributed by atoms with Crippen molar-refractivity contribution in [2.75, 3.05) is 7.05 Å². The topological polar surface area (TPSA) is 49.4 Å². The van der Waals surface area contributed by atoms with E-state index in [0.717, 1.165) is 0 Å². The molecule has 1 N–H and O–H groups in total. The lowest BCUT2D eigenvalue weighted by molar-refractivity contribution is -0.137. The lowest BCUT2D eigenvalue weighted by Gasteiger charge is -2.10. The Hall–Kier alpha value is -1.20. The first kappa shape index (κ1) is 11.3. The van der Waals surface area contributed by atoms with Crippen molar-refractivity contribution in [2.24, 2.45) is 0 Å². The number of nitrogens with zero attached hydrogens (tertiary/aromatic N) is 1. The molecular formula is C11H14N2O2S. The fourth-order valence-corrected chi connectivity index (χ4v) is 2.57. The molecule has 1 aliphatic rings. The molecular weight excluding hydrogens is 224 g/mol. The van der Waals surface area contributed by atoms with E-state index >= 15 is 0 Å². The summed E-state index contributed by atoms with van der Waals surface area (Å²) in [5.41, 5.74) is 1.22. The third-order valence-electron chi connectivity index (χ3n) is 2.86. The normalized spacial score (nSPS) is 20.9. The van der Waals surface area contributed by atoms with Crippen molar-refractivity contribution >= 4 is 23.2 Å². The molecule has 0 aromatic carbocycles. The Morgan fingerprint density at radius 3 is 2.81 bits per heavy atom. The molecule has 1 aromatic rings. The summed E-state index contributed by atoms with van der Waals surface area (Å²) < 4.78 is 0. The van der Waals surface area contributed by atoms with Crippen LogP contribution in [0, 0.1) is 6.92 Å². The number of hydrogen-bond acceptors (Lipinski definition) is 4. The molecule has 1 unspecified atom stereocenters. The van der Waals surface area contributed by atoms with Gasteiger partial charge in [0.15, 0.2) is 0 Å². The molecule has 0 radical (unpaired) electrons. The smallest absolute Gasteiger partial charge is 0.246 e. The van der Waals surface area contributed by atoms with Gasteiger partial charge in [0.2, 0.25) is 11.8 Å². The van der Waals surface area contributed by atoms with Crippen LogP contribution in [0.25, 0.3) is 0 Å². The van der Waals surface area contributed by atoms with Gasteiger partial charge in [-0.25, -0.2) is 0 Å². The van der Waals surface area contributed by atoms with Crippen LogP contribution in [0.2, 0.25) is 0 Å². The largest absolute Gasteiger partial charge is 0.300 e. The highest BCUT2D eigenvalue weighted by molar-refractivity contribution is 7.10. The van der Waals surface area contributed by atoms with Gasteiger partial charge in [0, 0.05) is 18.5 Å². The van der Waals surface area contributed by atoms with Crippen LogP contribution in [0.15, 0.2) is 11.4 Å². The molecule has 2 heterocycles. The van der Waals surface area contributed by atoms with Gasteiger partial charge in [0.05, 0.1) is 12.5 Å². The van der Waals surface area contributed by atoms with Gasteiger partial charge in [0.25, 0.3) is 0 Å². The van der Waals surface area contributed by atoms with Crippen LogP contribution < -0.4 is 5.32 Å². The third-order valence-corrected chi connectivity index (χ3v) is 3.88. The molecule has 86 valence electrons. The highest BCUT2D eigenvalue weighted by Crippen LogP contribution is 2.17. The van der Waals surface area contributed by atoms with E-state index in [0.29, 0.717) is 6.54 Å². The van der Waals surface area contributed by atoms with E-state index in [9.17, 15) is 9.59 Å². The third kappa shape index (κ3) is 2.01.